The highest BCUT2D eigenvalue weighted by atomic mass is 32.1. The Labute approximate surface area is 81.6 Å². The van der Waals surface area contributed by atoms with Crippen LogP contribution in [-0.2, 0) is 6.42 Å². The summed E-state index contributed by atoms with van der Waals surface area (Å²) in [5, 5.41) is 12.4. The van der Waals surface area contributed by atoms with Crippen LogP contribution in [0.2, 0.25) is 0 Å². The van der Waals surface area contributed by atoms with Gasteiger partial charge in [0.2, 0.25) is 0 Å². The van der Waals surface area contributed by atoms with Crippen molar-refractivity contribution in [2.75, 3.05) is 6.61 Å². The molecule has 0 saturated heterocycles. The van der Waals surface area contributed by atoms with Gasteiger partial charge in [0.25, 0.3) is 0 Å². The molecule has 1 heterocycles. The smallest absolute Gasteiger partial charge is 0.0471 e. The summed E-state index contributed by atoms with van der Waals surface area (Å²) in [6.07, 6.45) is 0.769. The van der Waals surface area contributed by atoms with Gasteiger partial charge in [-0.25, -0.2) is 0 Å². The van der Waals surface area contributed by atoms with E-state index < -0.39 is 0 Å². The summed E-state index contributed by atoms with van der Waals surface area (Å²) in [6, 6.07) is 6.33. The molecule has 0 spiro atoms. The largest absolute Gasteiger partial charge is 0.396 e. The number of aryl methyl sites for hydroxylation is 1. The van der Waals surface area contributed by atoms with E-state index in [-0.39, 0.29) is 6.61 Å². The number of aliphatic hydroxyl groups excluding tert-OH is 1. The van der Waals surface area contributed by atoms with E-state index in [1.165, 1.54) is 21.2 Å². The van der Waals surface area contributed by atoms with E-state index in [1.54, 1.807) is 11.3 Å². The van der Waals surface area contributed by atoms with Crippen molar-refractivity contribution in [3.63, 3.8) is 0 Å². The second kappa shape index (κ2) is 3.48. The molecule has 0 unspecified atom stereocenters. The molecule has 1 N–H and O–H groups in total. The Balaban J connectivity index is 2.64. The number of hydrogen-bond acceptors (Lipinski definition) is 2. The zero-order valence-electron chi connectivity index (χ0n) is 7.58. The summed E-state index contributed by atoms with van der Waals surface area (Å²) in [4.78, 5) is 0. The quantitative estimate of drug-likeness (QED) is 0.775. The monoisotopic (exact) mass is 192 g/mol. The van der Waals surface area contributed by atoms with E-state index in [1.807, 2.05) is 0 Å². The van der Waals surface area contributed by atoms with Crippen molar-refractivity contribution < 1.29 is 5.11 Å². The van der Waals surface area contributed by atoms with E-state index in [0.29, 0.717) is 0 Å². The topological polar surface area (TPSA) is 20.2 Å². The molecule has 13 heavy (non-hydrogen) atoms. The molecular weight excluding hydrogens is 180 g/mol. The Morgan fingerprint density at radius 1 is 1.38 bits per heavy atom. The van der Waals surface area contributed by atoms with Gasteiger partial charge in [0, 0.05) is 11.3 Å². The molecule has 0 aliphatic heterocycles. The molecule has 0 saturated carbocycles. The third kappa shape index (κ3) is 1.47. The Morgan fingerprint density at radius 3 is 3.00 bits per heavy atom. The van der Waals surface area contributed by atoms with Gasteiger partial charge in [-0.15, -0.1) is 11.3 Å². The molecule has 2 heteroatoms. The molecule has 0 aliphatic rings. The van der Waals surface area contributed by atoms with Crippen LogP contribution in [0, 0.1) is 6.92 Å². The first-order valence-electron chi connectivity index (χ1n) is 4.39. The predicted octanol–water partition coefficient (Wildman–Crippen LogP) is 2.74. The zero-order chi connectivity index (χ0) is 9.26. The molecule has 2 aromatic rings. The van der Waals surface area contributed by atoms with Crippen molar-refractivity contribution in [3.8, 4) is 0 Å². The minimum atomic E-state index is 0.236. The van der Waals surface area contributed by atoms with E-state index >= 15 is 0 Å². The van der Waals surface area contributed by atoms with Crippen LogP contribution in [-0.4, -0.2) is 11.7 Å². The van der Waals surface area contributed by atoms with Crippen LogP contribution >= 0.6 is 11.3 Å². The molecule has 0 bridgehead atoms. The first-order valence-corrected chi connectivity index (χ1v) is 5.27. The molecule has 68 valence electrons. The Hall–Kier alpha value is -0.860. The molecule has 2 rings (SSSR count). The van der Waals surface area contributed by atoms with Gasteiger partial charge >= 0.3 is 0 Å². The van der Waals surface area contributed by atoms with Crippen LogP contribution in [0.15, 0.2) is 23.6 Å². The van der Waals surface area contributed by atoms with Crippen molar-refractivity contribution in [3.05, 3.63) is 34.7 Å². The van der Waals surface area contributed by atoms with Gasteiger partial charge in [-0.3, -0.25) is 0 Å². The standard InChI is InChI=1S/C11H12OS/c1-8-3-2-4-10-11(8)9(5-6-12)7-13-10/h2-4,7,12H,5-6H2,1H3. The molecular formula is C11H12OS. The van der Waals surface area contributed by atoms with Crippen molar-refractivity contribution in [1.29, 1.82) is 0 Å². The maximum absolute atomic E-state index is 8.89. The molecule has 0 amide bonds. The summed E-state index contributed by atoms with van der Waals surface area (Å²) >= 11 is 1.76. The van der Waals surface area contributed by atoms with Crippen molar-refractivity contribution in [2.24, 2.45) is 0 Å². The lowest BCUT2D eigenvalue weighted by Gasteiger charge is -1.99. The number of fused-ring (bicyclic) bond motifs is 1. The van der Waals surface area contributed by atoms with E-state index in [2.05, 4.69) is 30.5 Å². The molecule has 1 nitrogen and oxygen atoms in total. The van der Waals surface area contributed by atoms with Gasteiger partial charge in [0.1, 0.15) is 0 Å². The van der Waals surface area contributed by atoms with E-state index in [4.69, 9.17) is 5.11 Å². The molecule has 1 aromatic carbocycles. The van der Waals surface area contributed by atoms with E-state index in [0.717, 1.165) is 6.42 Å². The SMILES string of the molecule is Cc1cccc2scc(CCO)c12. The van der Waals surface area contributed by atoms with Crippen molar-refractivity contribution >= 4 is 21.4 Å². The Bertz CT molecular complexity index is 417. The van der Waals surface area contributed by atoms with Crippen molar-refractivity contribution in [2.45, 2.75) is 13.3 Å². The molecule has 1 aromatic heterocycles. The first-order chi connectivity index (χ1) is 6.33. The van der Waals surface area contributed by atoms with Crippen LogP contribution in [0.25, 0.3) is 10.1 Å². The highest BCUT2D eigenvalue weighted by Crippen LogP contribution is 2.28. The average molecular weight is 192 g/mol. The maximum atomic E-state index is 8.89. The number of aliphatic hydroxyl groups is 1. The summed E-state index contributed by atoms with van der Waals surface area (Å²) in [5.74, 6) is 0. The molecule has 0 fully saturated rings. The fraction of sp³-hybridized carbons (Fsp3) is 0.273. The predicted molar refractivity (Wildman–Crippen MR) is 57.4 cm³/mol. The highest BCUT2D eigenvalue weighted by Gasteiger charge is 2.04. The molecule has 0 atom stereocenters. The number of benzene rings is 1. The fourth-order valence-corrected chi connectivity index (χ4v) is 2.72. The lowest BCUT2D eigenvalue weighted by molar-refractivity contribution is 0.300. The minimum absolute atomic E-state index is 0.236. The first kappa shape index (κ1) is 8.73. The molecule has 0 aliphatic carbocycles. The van der Waals surface area contributed by atoms with Crippen LogP contribution in [0.3, 0.4) is 0 Å². The van der Waals surface area contributed by atoms with Gasteiger partial charge in [-0.2, -0.15) is 0 Å². The normalized spacial score (nSPS) is 10.9. The second-order valence-electron chi connectivity index (χ2n) is 3.18. The second-order valence-corrected chi connectivity index (χ2v) is 4.09. The van der Waals surface area contributed by atoms with Crippen LogP contribution < -0.4 is 0 Å². The average Bonchev–Trinajstić information content (AvgIpc) is 2.51. The van der Waals surface area contributed by atoms with Gasteiger partial charge in [0.05, 0.1) is 0 Å². The third-order valence-corrected chi connectivity index (χ3v) is 3.26. The van der Waals surface area contributed by atoms with Gasteiger partial charge < -0.3 is 5.11 Å². The number of thiophene rings is 1. The summed E-state index contributed by atoms with van der Waals surface area (Å²) < 4.78 is 1.32. The van der Waals surface area contributed by atoms with Gasteiger partial charge in [0.15, 0.2) is 0 Å². The fourth-order valence-electron chi connectivity index (χ4n) is 1.65. The van der Waals surface area contributed by atoms with Crippen LogP contribution in [0.1, 0.15) is 11.1 Å². The highest BCUT2D eigenvalue weighted by molar-refractivity contribution is 7.17. The lowest BCUT2D eigenvalue weighted by Crippen LogP contribution is -1.89. The van der Waals surface area contributed by atoms with E-state index in [9.17, 15) is 0 Å². The Morgan fingerprint density at radius 2 is 2.23 bits per heavy atom. The molecule has 0 radical (unpaired) electrons. The number of rotatable bonds is 2. The van der Waals surface area contributed by atoms with Gasteiger partial charge in [-0.1, -0.05) is 12.1 Å². The van der Waals surface area contributed by atoms with Crippen LogP contribution in [0.5, 0.6) is 0 Å². The minimum Gasteiger partial charge on any atom is -0.396 e. The number of hydrogen-bond donors (Lipinski definition) is 1. The summed E-state index contributed by atoms with van der Waals surface area (Å²) in [7, 11) is 0. The maximum Gasteiger partial charge on any atom is 0.0471 e. The van der Waals surface area contributed by atoms with Crippen LogP contribution in [0.4, 0.5) is 0 Å². The van der Waals surface area contributed by atoms with Gasteiger partial charge in [-0.05, 0) is 41.3 Å². The third-order valence-electron chi connectivity index (χ3n) is 2.26. The lowest BCUT2D eigenvalue weighted by atomic mass is 10.1. The summed E-state index contributed by atoms with van der Waals surface area (Å²) in [5.41, 5.74) is 2.59. The summed E-state index contributed by atoms with van der Waals surface area (Å²) in [6.45, 7) is 2.36. The Kier molecular flexibility index (Phi) is 2.34. The zero-order valence-corrected chi connectivity index (χ0v) is 8.40. The van der Waals surface area contributed by atoms with Crippen molar-refractivity contribution in [1.82, 2.24) is 0 Å².